The van der Waals surface area contributed by atoms with Gasteiger partial charge in [0.1, 0.15) is 5.82 Å². The van der Waals surface area contributed by atoms with Gasteiger partial charge in [0, 0.05) is 64.1 Å². The van der Waals surface area contributed by atoms with E-state index in [1.165, 1.54) is 18.2 Å². The Morgan fingerprint density at radius 2 is 1.97 bits per heavy atom. The number of nitrogens with zero attached hydrogens (tertiary/aromatic N) is 3. The Hall–Kier alpha value is -3.13. The highest BCUT2D eigenvalue weighted by Crippen LogP contribution is 2.30. The third-order valence-corrected chi connectivity index (χ3v) is 5.21. The van der Waals surface area contributed by atoms with E-state index in [-0.39, 0.29) is 30.0 Å². The second-order valence-electron chi connectivity index (χ2n) is 7.16. The lowest BCUT2D eigenvalue weighted by atomic mass is 9.87. The molecule has 0 atom stereocenters. The molecule has 1 aliphatic carbocycles. The number of benzene rings is 1. The van der Waals surface area contributed by atoms with Crippen LogP contribution in [-0.2, 0) is 22.4 Å². The third kappa shape index (κ3) is 4.02. The van der Waals surface area contributed by atoms with Crippen molar-refractivity contribution in [3.8, 4) is 0 Å². The number of nitrogens with one attached hydrogen (secondary N) is 2. The Morgan fingerprint density at radius 3 is 2.66 bits per heavy atom. The molecule has 4 rings (SSSR count). The first-order chi connectivity index (χ1) is 14.0. The molecule has 1 aromatic heterocycles. The van der Waals surface area contributed by atoms with E-state index < -0.39 is 5.82 Å². The van der Waals surface area contributed by atoms with Crippen LogP contribution in [-0.4, -0.2) is 54.8 Å². The van der Waals surface area contributed by atoms with Gasteiger partial charge in [0.05, 0.1) is 5.57 Å². The number of hydrogen-bond acceptors (Lipinski definition) is 7. The van der Waals surface area contributed by atoms with E-state index in [1.807, 2.05) is 0 Å². The maximum atomic E-state index is 13.8. The second kappa shape index (κ2) is 8.08. The van der Waals surface area contributed by atoms with Gasteiger partial charge in [0.25, 0.3) is 0 Å². The molecule has 0 unspecified atom stereocenters. The van der Waals surface area contributed by atoms with Crippen LogP contribution in [0, 0.1) is 5.82 Å². The SMILES string of the molecule is CNc1cc(F)cc2c1CC(=O)C(C(=O)Cc1cnc(N3CCNCC3)nc1)=C2. The second-order valence-corrected chi connectivity index (χ2v) is 7.16. The number of Topliss-reactive ketones (excluding diaryl/α,β-unsaturated/α-hetero) is 2. The van der Waals surface area contributed by atoms with Gasteiger partial charge in [-0.05, 0) is 34.9 Å². The minimum Gasteiger partial charge on any atom is -0.388 e. The summed E-state index contributed by atoms with van der Waals surface area (Å²) in [7, 11) is 1.67. The predicted molar refractivity (Wildman–Crippen MR) is 108 cm³/mol. The fourth-order valence-electron chi connectivity index (χ4n) is 3.68. The highest BCUT2D eigenvalue weighted by Gasteiger charge is 2.26. The van der Waals surface area contributed by atoms with Gasteiger partial charge in [0.15, 0.2) is 11.6 Å². The number of piperazine rings is 1. The molecule has 1 aliphatic heterocycles. The van der Waals surface area contributed by atoms with Crippen LogP contribution in [0.4, 0.5) is 16.0 Å². The average Bonchev–Trinajstić information content (AvgIpc) is 2.74. The zero-order valence-corrected chi connectivity index (χ0v) is 16.2. The van der Waals surface area contributed by atoms with Crippen molar-refractivity contribution in [2.75, 3.05) is 43.4 Å². The quantitative estimate of drug-likeness (QED) is 0.740. The molecule has 8 heteroatoms. The molecule has 1 saturated heterocycles. The van der Waals surface area contributed by atoms with Crippen molar-refractivity contribution in [3.63, 3.8) is 0 Å². The highest BCUT2D eigenvalue weighted by atomic mass is 19.1. The lowest BCUT2D eigenvalue weighted by Gasteiger charge is -2.27. The van der Waals surface area contributed by atoms with Gasteiger partial charge < -0.3 is 15.5 Å². The number of halogens is 1. The number of carbonyl (C=O) groups is 2. The van der Waals surface area contributed by atoms with Crippen LogP contribution in [0.25, 0.3) is 6.08 Å². The molecular formula is C21H22FN5O2. The van der Waals surface area contributed by atoms with Crippen LogP contribution in [0.3, 0.4) is 0 Å². The Balaban J connectivity index is 1.52. The summed E-state index contributed by atoms with van der Waals surface area (Å²) in [5.74, 6) is -0.347. The van der Waals surface area contributed by atoms with E-state index in [9.17, 15) is 14.0 Å². The number of anilines is 2. The average molecular weight is 395 g/mol. The summed E-state index contributed by atoms with van der Waals surface area (Å²) in [6.07, 6.45) is 4.85. The summed E-state index contributed by atoms with van der Waals surface area (Å²) in [4.78, 5) is 36.1. The molecule has 29 heavy (non-hydrogen) atoms. The normalized spacial score (nSPS) is 16.3. The zero-order valence-electron chi connectivity index (χ0n) is 16.2. The number of aromatic nitrogens is 2. The minimum absolute atomic E-state index is 0.0307. The summed E-state index contributed by atoms with van der Waals surface area (Å²) in [6.45, 7) is 3.45. The van der Waals surface area contributed by atoms with E-state index in [1.54, 1.807) is 19.4 Å². The minimum atomic E-state index is -0.414. The Morgan fingerprint density at radius 1 is 1.24 bits per heavy atom. The first kappa shape index (κ1) is 19.2. The summed E-state index contributed by atoms with van der Waals surface area (Å²) in [6, 6.07) is 2.70. The Bertz CT molecular complexity index is 981. The molecule has 0 bridgehead atoms. The first-order valence-electron chi connectivity index (χ1n) is 9.60. The number of hydrogen-bond donors (Lipinski definition) is 2. The molecule has 150 valence electrons. The fraction of sp³-hybridized carbons (Fsp3) is 0.333. The molecule has 7 nitrogen and oxygen atoms in total. The van der Waals surface area contributed by atoms with Gasteiger partial charge in [-0.2, -0.15) is 0 Å². The standard InChI is InChI=1S/C21H22FN5O2/c1-23-18-9-15(22)7-14-8-17(20(29)10-16(14)18)19(28)6-13-11-25-21(26-12-13)27-4-2-24-3-5-27/h7-9,11-12,23-24H,2-6,10H2,1H3. The molecule has 0 spiro atoms. The number of rotatable bonds is 5. The predicted octanol–water partition coefficient (Wildman–Crippen LogP) is 1.39. The maximum absolute atomic E-state index is 13.8. The van der Waals surface area contributed by atoms with Crippen molar-refractivity contribution < 1.29 is 14.0 Å². The van der Waals surface area contributed by atoms with Gasteiger partial charge in [0.2, 0.25) is 5.95 Å². The number of fused-ring (bicyclic) bond motifs is 1. The third-order valence-electron chi connectivity index (χ3n) is 5.21. The van der Waals surface area contributed by atoms with Crippen LogP contribution < -0.4 is 15.5 Å². The smallest absolute Gasteiger partial charge is 0.225 e. The number of allylic oxidation sites excluding steroid dienone is 1. The van der Waals surface area contributed by atoms with Crippen LogP contribution in [0.5, 0.6) is 0 Å². The van der Waals surface area contributed by atoms with Gasteiger partial charge in [-0.1, -0.05) is 0 Å². The van der Waals surface area contributed by atoms with Crippen molar-refractivity contribution in [2.45, 2.75) is 12.8 Å². The zero-order chi connectivity index (χ0) is 20.4. The van der Waals surface area contributed by atoms with E-state index >= 15 is 0 Å². The van der Waals surface area contributed by atoms with E-state index in [0.29, 0.717) is 28.3 Å². The van der Waals surface area contributed by atoms with Crippen LogP contribution >= 0.6 is 0 Å². The summed E-state index contributed by atoms with van der Waals surface area (Å²) in [5.41, 5.74) is 2.56. The highest BCUT2D eigenvalue weighted by molar-refractivity contribution is 6.25. The first-order valence-corrected chi connectivity index (χ1v) is 9.60. The largest absolute Gasteiger partial charge is 0.388 e. The van der Waals surface area contributed by atoms with Gasteiger partial charge >= 0.3 is 0 Å². The van der Waals surface area contributed by atoms with Crippen molar-refractivity contribution >= 4 is 29.3 Å². The van der Waals surface area contributed by atoms with Gasteiger partial charge in [-0.15, -0.1) is 0 Å². The molecule has 2 aromatic rings. The molecule has 0 amide bonds. The molecule has 1 aromatic carbocycles. The summed E-state index contributed by atoms with van der Waals surface area (Å²) >= 11 is 0. The molecular weight excluding hydrogens is 373 g/mol. The topological polar surface area (TPSA) is 87.2 Å². The number of carbonyl (C=O) groups excluding carboxylic acids is 2. The molecule has 0 radical (unpaired) electrons. The monoisotopic (exact) mass is 395 g/mol. The van der Waals surface area contributed by atoms with Crippen molar-refractivity contribution in [2.24, 2.45) is 0 Å². The van der Waals surface area contributed by atoms with Crippen LogP contribution in [0.2, 0.25) is 0 Å². The Labute approximate surface area is 168 Å². The van der Waals surface area contributed by atoms with Gasteiger partial charge in [-0.3, -0.25) is 9.59 Å². The number of ketones is 2. The maximum Gasteiger partial charge on any atom is 0.225 e. The molecule has 1 fully saturated rings. The fourth-order valence-corrected chi connectivity index (χ4v) is 3.68. The van der Waals surface area contributed by atoms with Crippen molar-refractivity contribution in [1.29, 1.82) is 0 Å². The summed E-state index contributed by atoms with van der Waals surface area (Å²) < 4.78 is 13.8. The lowest BCUT2D eigenvalue weighted by molar-refractivity contribution is -0.120. The van der Waals surface area contributed by atoms with E-state index in [2.05, 4.69) is 25.5 Å². The lowest BCUT2D eigenvalue weighted by Crippen LogP contribution is -2.44. The van der Waals surface area contributed by atoms with Crippen molar-refractivity contribution in [1.82, 2.24) is 15.3 Å². The molecule has 2 N–H and O–H groups in total. The Kier molecular flexibility index (Phi) is 5.35. The van der Waals surface area contributed by atoms with E-state index in [4.69, 9.17) is 0 Å². The molecule has 0 saturated carbocycles. The van der Waals surface area contributed by atoms with Crippen molar-refractivity contribution in [3.05, 3.63) is 52.6 Å². The van der Waals surface area contributed by atoms with Crippen LogP contribution in [0.15, 0.2) is 30.1 Å². The molecule has 2 aliphatic rings. The van der Waals surface area contributed by atoms with Gasteiger partial charge in [-0.25, -0.2) is 14.4 Å². The van der Waals surface area contributed by atoms with E-state index in [0.717, 1.165) is 26.2 Å². The van der Waals surface area contributed by atoms with Crippen LogP contribution in [0.1, 0.15) is 16.7 Å². The molecule has 2 heterocycles. The summed E-state index contributed by atoms with van der Waals surface area (Å²) in [5, 5.41) is 6.17.